The molecule has 24 heavy (non-hydrogen) atoms. The van der Waals surface area contributed by atoms with Crippen molar-refractivity contribution < 1.29 is 14.0 Å². The summed E-state index contributed by atoms with van der Waals surface area (Å²) in [6.07, 6.45) is 0. The van der Waals surface area contributed by atoms with Gasteiger partial charge in [-0.1, -0.05) is 18.2 Å². The highest BCUT2D eigenvalue weighted by molar-refractivity contribution is 6.05. The first kappa shape index (κ1) is 18.1. The number of hydrogen-bond acceptors (Lipinski definition) is 3. The van der Waals surface area contributed by atoms with E-state index < -0.39 is 6.04 Å². The summed E-state index contributed by atoms with van der Waals surface area (Å²) in [5, 5.41) is 0. The summed E-state index contributed by atoms with van der Waals surface area (Å²) in [6.45, 7) is 7.17. The van der Waals surface area contributed by atoms with E-state index in [1.165, 1.54) is 13.0 Å². The molecule has 128 valence electrons. The maximum atomic E-state index is 13.8. The molecule has 0 unspecified atom stereocenters. The van der Waals surface area contributed by atoms with E-state index >= 15 is 0 Å². The van der Waals surface area contributed by atoms with Gasteiger partial charge in [0, 0.05) is 23.4 Å². The molecule has 1 atom stereocenters. The summed E-state index contributed by atoms with van der Waals surface area (Å²) in [4.78, 5) is 29.3. The number of carbonyl (C=O) groups excluding carboxylic acids is 2. The number of likely N-dealkylation sites (N-methyl/N-ethyl adjacent to an activating group) is 1. The van der Waals surface area contributed by atoms with Crippen LogP contribution in [0.15, 0.2) is 24.3 Å². The van der Waals surface area contributed by atoms with Crippen molar-refractivity contribution >= 4 is 11.6 Å². The SMILES string of the molecule is CC(=O)c1c(C)[nH]c(C(=O)[C@@H](C)N(C)Cc2ccccc2F)c1C. The van der Waals surface area contributed by atoms with Crippen molar-refractivity contribution in [3.63, 3.8) is 0 Å². The average molecular weight is 330 g/mol. The molecule has 1 aromatic carbocycles. The van der Waals surface area contributed by atoms with Crippen molar-refractivity contribution in [1.82, 2.24) is 9.88 Å². The van der Waals surface area contributed by atoms with Gasteiger partial charge in [-0.3, -0.25) is 14.5 Å². The van der Waals surface area contributed by atoms with Gasteiger partial charge < -0.3 is 4.98 Å². The van der Waals surface area contributed by atoms with Crippen LogP contribution in [0, 0.1) is 19.7 Å². The molecule has 0 spiro atoms. The Balaban J connectivity index is 2.22. The lowest BCUT2D eigenvalue weighted by Crippen LogP contribution is -2.36. The van der Waals surface area contributed by atoms with Gasteiger partial charge in [0.1, 0.15) is 5.82 Å². The van der Waals surface area contributed by atoms with Gasteiger partial charge in [0.05, 0.1) is 11.7 Å². The lowest BCUT2D eigenvalue weighted by atomic mass is 10.0. The van der Waals surface area contributed by atoms with Gasteiger partial charge >= 0.3 is 0 Å². The number of aromatic amines is 1. The van der Waals surface area contributed by atoms with E-state index in [0.29, 0.717) is 34.6 Å². The number of aromatic nitrogens is 1. The van der Waals surface area contributed by atoms with Crippen LogP contribution in [-0.4, -0.2) is 34.5 Å². The molecule has 0 amide bonds. The van der Waals surface area contributed by atoms with Crippen LogP contribution in [0.1, 0.15) is 51.5 Å². The zero-order valence-electron chi connectivity index (χ0n) is 14.7. The minimum Gasteiger partial charge on any atom is -0.355 e. The summed E-state index contributed by atoms with van der Waals surface area (Å²) in [6, 6.07) is 6.09. The average Bonchev–Trinajstić information content (AvgIpc) is 2.82. The fourth-order valence-corrected chi connectivity index (χ4v) is 2.97. The monoisotopic (exact) mass is 330 g/mol. The zero-order chi connectivity index (χ0) is 18.0. The number of H-pyrrole nitrogens is 1. The Morgan fingerprint density at radius 3 is 2.42 bits per heavy atom. The van der Waals surface area contributed by atoms with Crippen molar-refractivity contribution in [3.05, 3.63) is 58.2 Å². The Kier molecular flexibility index (Phi) is 5.34. The van der Waals surface area contributed by atoms with Crippen molar-refractivity contribution in [2.45, 2.75) is 40.3 Å². The van der Waals surface area contributed by atoms with E-state index in [0.717, 1.165) is 0 Å². The van der Waals surface area contributed by atoms with Gasteiger partial charge in [0.2, 0.25) is 0 Å². The molecule has 5 heteroatoms. The highest BCUT2D eigenvalue weighted by Crippen LogP contribution is 2.21. The third kappa shape index (κ3) is 3.46. The molecule has 0 aliphatic heterocycles. The molecule has 0 fully saturated rings. The van der Waals surface area contributed by atoms with Gasteiger partial charge in [-0.25, -0.2) is 4.39 Å². The molecule has 1 heterocycles. The molecule has 0 bridgehead atoms. The number of nitrogens with zero attached hydrogens (tertiary/aromatic N) is 1. The number of carbonyl (C=O) groups is 2. The summed E-state index contributed by atoms with van der Waals surface area (Å²) >= 11 is 0. The molecular weight excluding hydrogens is 307 g/mol. The lowest BCUT2D eigenvalue weighted by molar-refractivity contribution is 0.0855. The minimum atomic E-state index is -0.443. The maximum Gasteiger partial charge on any atom is 0.196 e. The molecule has 0 radical (unpaired) electrons. The number of hydrogen-bond donors (Lipinski definition) is 1. The van der Waals surface area contributed by atoms with Crippen molar-refractivity contribution in [3.8, 4) is 0 Å². The first-order chi connectivity index (χ1) is 11.2. The van der Waals surface area contributed by atoms with Crippen LogP contribution in [0.4, 0.5) is 4.39 Å². The van der Waals surface area contributed by atoms with E-state index in [4.69, 9.17) is 0 Å². The molecule has 4 nitrogen and oxygen atoms in total. The quantitative estimate of drug-likeness (QED) is 0.822. The Bertz CT molecular complexity index is 780. The largest absolute Gasteiger partial charge is 0.355 e. The fourth-order valence-electron chi connectivity index (χ4n) is 2.97. The Labute approximate surface area is 141 Å². The van der Waals surface area contributed by atoms with Crippen molar-refractivity contribution in [1.29, 1.82) is 0 Å². The first-order valence-electron chi connectivity index (χ1n) is 7.92. The topological polar surface area (TPSA) is 53.2 Å². The van der Waals surface area contributed by atoms with Gasteiger partial charge in [0.25, 0.3) is 0 Å². The van der Waals surface area contributed by atoms with Crippen molar-refractivity contribution in [2.24, 2.45) is 0 Å². The molecular formula is C19H23FN2O2. The number of ketones is 2. The second-order valence-corrected chi connectivity index (χ2v) is 6.23. The smallest absolute Gasteiger partial charge is 0.196 e. The summed E-state index contributed by atoms with van der Waals surface area (Å²) in [5.41, 5.74) is 2.94. The summed E-state index contributed by atoms with van der Waals surface area (Å²) < 4.78 is 13.8. The second-order valence-electron chi connectivity index (χ2n) is 6.23. The molecule has 2 rings (SSSR count). The summed E-state index contributed by atoms with van der Waals surface area (Å²) in [5.74, 6) is -0.454. The highest BCUT2D eigenvalue weighted by Gasteiger charge is 2.26. The summed E-state index contributed by atoms with van der Waals surface area (Å²) in [7, 11) is 1.78. The van der Waals surface area contributed by atoms with E-state index in [1.807, 2.05) is 0 Å². The zero-order valence-corrected chi connectivity index (χ0v) is 14.7. The second kappa shape index (κ2) is 7.09. The molecule has 2 aromatic rings. The van der Waals surface area contributed by atoms with Crippen molar-refractivity contribution in [2.75, 3.05) is 7.05 Å². The maximum absolute atomic E-state index is 13.8. The van der Waals surface area contributed by atoms with E-state index in [9.17, 15) is 14.0 Å². The van der Waals surface area contributed by atoms with E-state index in [2.05, 4.69) is 4.98 Å². The Morgan fingerprint density at radius 2 is 1.88 bits per heavy atom. The third-order valence-electron chi connectivity index (χ3n) is 4.45. The fraction of sp³-hybridized carbons (Fsp3) is 0.368. The third-order valence-corrected chi connectivity index (χ3v) is 4.45. The van der Waals surface area contributed by atoms with Gasteiger partial charge in [-0.15, -0.1) is 0 Å². The van der Waals surface area contributed by atoms with Crippen LogP contribution in [0.2, 0.25) is 0 Å². The van der Waals surface area contributed by atoms with Crippen LogP contribution in [0.25, 0.3) is 0 Å². The lowest BCUT2D eigenvalue weighted by Gasteiger charge is -2.23. The number of halogens is 1. The van der Waals surface area contributed by atoms with Gasteiger partial charge in [0.15, 0.2) is 11.6 Å². The Morgan fingerprint density at radius 1 is 1.25 bits per heavy atom. The van der Waals surface area contributed by atoms with Gasteiger partial charge in [-0.05, 0) is 46.4 Å². The van der Waals surface area contributed by atoms with Crippen LogP contribution in [-0.2, 0) is 6.54 Å². The highest BCUT2D eigenvalue weighted by atomic mass is 19.1. The van der Waals surface area contributed by atoms with Crippen LogP contribution >= 0.6 is 0 Å². The predicted molar refractivity (Wildman–Crippen MR) is 91.9 cm³/mol. The molecule has 0 saturated heterocycles. The normalized spacial score (nSPS) is 12.5. The number of Topliss-reactive ketones (excluding diaryl/α,β-unsaturated/α-hetero) is 2. The molecule has 0 aliphatic carbocycles. The van der Waals surface area contributed by atoms with Crippen LogP contribution in [0.5, 0.6) is 0 Å². The standard InChI is InChI=1S/C19H23FN2O2/c1-11-17(14(4)23)12(2)21-18(11)19(24)13(3)22(5)10-15-8-6-7-9-16(15)20/h6-9,13,21H,10H2,1-5H3/t13-/m1/s1. The van der Waals surface area contributed by atoms with Gasteiger partial charge in [-0.2, -0.15) is 0 Å². The number of benzene rings is 1. The number of nitrogens with one attached hydrogen (secondary N) is 1. The first-order valence-corrected chi connectivity index (χ1v) is 7.92. The molecule has 1 N–H and O–H groups in total. The number of aryl methyl sites for hydroxylation is 1. The van der Waals surface area contributed by atoms with E-state index in [-0.39, 0.29) is 17.4 Å². The molecule has 1 aromatic heterocycles. The predicted octanol–water partition coefficient (Wildman–Crippen LogP) is 3.68. The van der Waals surface area contributed by atoms with Crippen LogP contribution in [0.3, 0.4) is 0 Å². The van der Waals surface area contributed by atoms with E-state index in [1.54, 1.807) is 50.9 Å². The molecule has 0 aliphatic rings. The minimum absolute atomic E-state index is 0.0623. The molecule has 0 saturated carbocycles. The van der Waals surface area contributed by atoms with Crippen LogP contribution < -0.4 is 0 Å². The Hall–Kier alpha value is -2.27. The number of rotatable bonds is 6.